The first kappa shape index (κ1) is 16.2. The highest BCUT2D eigenvalue weighted by Gasteiger charge is 2.18. The monoisotopic (exact) mass is 348 g/mol. The Morgan fingerprint density at radius 2 is 1.91 bits per heavy atom. The minimum Gasteiger partial charge on any atom is -0.485 e. The SMILES string of the molecule is CC(C)(C)c1cn2cccc(OCc3ccc(Cl)c(Cl)c3)c2n1. The number of benzene rings is 1. The molecule has 0 fully saturated rings. The Labute approximate surface area is 145 Å². The van der Waals surface area contributed by atoms with Gasteiger partial charge < -0.3 is 9.14 Å². The summed E-state index contributed by atoms with van der Waals surface area (Å²) in [4.78, 5) is 4.72. The first-order valence-electron chi connectivity index (χ1n) is 7.39. The number of hydrogen-bond acceptors (Lipinski definition) is 2. The van der Waals surface area contributed by atoms with E-state index in [9.17, 15) is 0 Å². The van der Waals surface area contributed by atoms with Crippen LogP contribution in [0.2, 0.25) is 10.0 Å². The molecule has 0 aliphatic carbocycles. The molecule has 120 valence electrons. The van der Waals surface area contributed by atoms with Crippen molar-refractivity contribution in [1.82, 2.24) is 9.38 Å². The number of nitrogens with zero attached hydrogens (tertiary/aromatic N) is 2. The molecule has 2 heterocycles. The lowest BCUT2D eigenvalue weighted by Gasteiger charge is -2.13. The normalized spacial score (nSPS) is 11.9. The summed E-state index contributed by atoms with van der Waals surface area (Å²) in [5.74, 6) is 0.745. The van der Waals surface area contributed by atoms with E-state index in [1.807, 2.05) is 41.1 Å². The van der Waals surface area contributed by atoms with Crippen molar-refractivity contribution in [2.75, 3.05) is 0 Å². The van der Waals surface area contributed by atoms with Gasteiger partial charge in [0.1, 0.15) is 6.61 Å². The van der Waals surface area contributed by atoms with Crippen molar-refractivity contribution in [2.24, 2.45) is 0 Å². The van der Waals surface area contributed by atoms with E-state index in [0.717, 1.165) is 22.7 Å². The Hall–Kier alpha value is -1.71. The summed E-state index contributed by atoms with van der Waals surface area (Å²) in [7, 11) is 0. The van der Waals surface area contributed by atoms with Crippen LogP contribution in [0.5, 0.6) is 5.75 Å². The lowest BCUT2D eigenvalue weighted by molar-refractivity contribution is 0.308. The van der Waals surface area contributed by atoms with Crippen molar-refractivity contribution in [3.05, 3.63) is 64.0 Å². The summed E-state index contributed by atoms with van der Waals surface area (Å²) >= 11 is 12.0. The summed E-state index contributed by atoms with van der Waals surface area (Å²) < 4.78 is 7.93. The quantitative estimate of drug-likeness (QED) is 0.623. The standard InChI is InChI=1S/C18H18Cl2N2O/c1-18(2,3)16-10-22-8-4-5-15(17(22)21-16)23-11-12-6-7-13(19)14(20)9-12/h4-10H,11H2,1-3H3. The zero-order valence-corrected chi connectivity index (χ0v) is 14.8. The number of pyridine rings is 1. The molecule has 0 saturated heterocycles. The molecular formula is C18H18Cl2N2O. The summed E-state index contributed by atoms with van der Waals surface area (Å²) in [6.07, 6.45) is 4.02. The van der Waals surface area contributed by atoms with Crippen LogP contribution in [0.15, 0.2) is 42.7 Å². The number of ether oxygens (including phenoxy) is 1. The number of fused-ring (bicyclic) bond motifs is 1. The van der Waals surface area contributed by atoms with Gasteiger partial charge >= 0.3 is 0 Å². The molecule has 0 aliphatic rings. The fourth-order valence-corrected chi connectivity index (χ4v) is 2.57. The molecule has 0 atom stereocenters. The average Bonchev–Trinajstić information content (AvgIpc) is 2.93. The predicted octanol–water partition coefficient (Wildman–Crippen LogP) is 5.52. The molecule has 3 rings (SSSR count). The number of rotatable bonds is 3. The molecule has 0 radical (unpaired) electrons. The molecule has 3 aromatic rings. The zero-order chi connectivity index (χ0) is 16.6. The van der Waals surface area contributed by atoms with Crippen molar-refractivity contribution in [1.29, 1.82) is 0 Å². The Balaban J connectivity index is 1.87. The summed E-state index contributed by atoms with van der Waals surface area (Å²) in [5.41, 5.74) is 2.80. The molecule has 0 aliphatic heterocycles. The number of imidazole rings is 1. The molecule has 23 heavy (non-hydrogen) atoms. The van der Waals surface area contributed by atoms with E-state index in [-0.39, 0.29) is 5.41 Å². The van der Waals surface area contributed by atoms with Crippen molar-refractivity contribution >= 4 is 28.8 Å². The lowest BCUT2D eigenvalue weighted by Crippen LogP contribution is -2.11. The van der Waals surface area contributed by atoms with E-state index in [0.29, 0.717) is 16.7 Å². The number of halogens is 2. The van der Waals surface area contributed by atoms with E-state index >= 15 is 0 Å². The Morgan fingerprint density at radius 1 is 1.13 bits per heavy atom. The topological polar surface area (TPSA) is 26.5 Å². The van der Waals surface area contributed by atoms with E-state index < -0.39 is 0 Å². The second kappa shape index (κ2) is 6.06. The predicted molar refractivity (Wildman–Crippen MR) is 94.7 cm³/mol. The van der Waals surface area contributed by atoms with Crippen LogP contribution >= 0.6 is 23.2 Å². The van der Waals surface area contributed by atoms with Crippen LogP contribution in [0, 0.1) is 0 Å². The Morgan fingerprint density at radius 3 is 2.61 bits per heavy atom. The van der Waals surface area contributed by atoms with Crippen molar-refractivity contribution in [3.63, 3.8) is 0 Å². The van der Waals surface area contributed by atoms with Crippen LogP contribution in [0.1, 0.15) is 32.0 Å². The van der Waals surface area contributed by atoms with Gasteiger partial charge in [0.05, 0.1) is 15.7 Å². The highest BCUT2D eigenvalue weighted by atomic mass is 35.5. The maximum absolute atomic E-state index is 6.04. The summed E-state index contributed by atoms with van der Waals surface area (Å²) in [6, 6.07) is 9.37. The fraction of sp³-hybridized carbons (Fsp3) is 0.278. The van der Waals surface area contributed by atoms with Gasteiger partial charge in [0.15, 0.2) is 11.4 Å². The molecule has 2 aromatic heterocycles. The van der Waals surface area contributed by atoms with Crippen molar-refractivity contribution < 1.29 is 4.74 Å². The van der Waals surface area contributed by atoms with Crippen molar-refractivity contribution in [2.45, 2.75) is 32.8 Å². The Kier molecular flexibility index (Phi) is 4.26. The molecule has 0 bridgehead atoms. The highest BCUT2D eigenvalue weighted by molar-refractivity contribution is 6.42. The molecule has 0 saturated carbocycles. The third-order valence-corrected chi connectivity index (χ3v) is 4.33. The van der Waals surface area contributed by atoms with Crippen LogP contribution < -0.4 is 4.74 Å². The average molecular weight is 349 g/mol. The first-order valence-corrected chi connectivity index (χ1v) is 8.15. The van der Waals surface area contributed by atoms with Gasteiger partial charge in [0, 0.05) is 17.8 Å². The molecular weight excluding hydrogens is 331 g/mol. The van der Waals surface area contributed by atoms with E-state index in [2.05, 4.69) is 20.8 Å². The second-order valence-corrected chi connectivity index (χ2v) is 7.33. The third-order valence-electron chi connectivity index (χ3n) is 3.59. The van der Waals surface area contributed by atoms with Crippen molar-refractivity contribution in [3.8, 4) is 5.75 Å². The molecule has 0 N–H and O–H groups in total. The van der Waals surface area contributed by atoms with Gasteiger partial charge in [-0.1, -0.05) is 50.0 Å². The van der Waals surface area contributed by atoms with Crippen LogP contribution in [0.3, 0.4) is 0 Å². The fourth-order valence-electron chi connectivity index (χ4n) is 2.25. The largest absolute Gasteiger partial charge is 0.485 e. The van der Waals surface area contributed by atoms with E-state index in [1.165, 1.54) is 0 Å². The van der Waals surface area contributed by atoms with Gasteiger partial charge in [-0.05, 0) is 29.8 Å². The number of hydrogen-bond donors (Lipinski definition) is 0. The van der Waals surface area contributed by atoms with Gasteiger partial charge in [0.2, 0.25) is 0 Å². The first-order chi connectivity index (χ1) is 10.8. The molecule has 0 spiro atoms. The van der Waals surface area contributed by atoms with Gasteiger partial charge in [-0.2, -0.15) is 0 Å². The lowest BCUT2D eigenvalue weighted by atomic mass is 9.93. The number of aromatic nitrogens is 2. The van der Waals surface area contributed by atoms with E-state index in [1.54, 1.807) is 6.07 Å². The minimum atomic E-state index is -0.00695. The summed E-state index contributed by atoms with van der Waals surface area (Å²) in [5, 5.41) is 1.07. The van der Waals surface area contributed by atoms with Crippen LogP contribution in [-0.2, 0) is 12.0 Å². The maximum atomic E-state index is 6.04. The van der Waals surface area contributed by atoms with E-state index in [4.69, 9.17) is 32.9 Å². The van der Waals surface area contributed by atoms with Gasteiger partial charge in [-0.3, -0.25) is 0 Å². The van der Waals surface area contributed by atoms with Crippen LogP contribution in [0.25, 0.3) is 5.65 Å². The van der Waals surface area contributed by atoms with Gasteiger partial charge in [-0.25, -0.2) is 4.98 Å². The third kappa shape index (κ3) is 3.46. The van der Waals surface area contributed by atoms with Gasteiger partial charge in [-0.15, -0.1) is 0 Å². The Bertz CT molecular complexity index is 850. The molecule has 5 heteroatoms. The molecule has 1 aromatic carbocycles. The molecule has 0 unspecified atom stereocenters. The molecule has 0 amide bonds. The highest BCUT2D eigenvalue weighted by Crippen LogP contribution is 2.27. The molecule has 3 nitrogen and oxygen atoms in total. The van der Waals surface area contributed by atoms with Crippen LogP contribution in [-0.4, -0.2) is 9.38 Å². The minimum absolute atomic E-state index is 0.00695. The zero-order valence-electron chi connectivity index (χ0n) is 13.3. The maximum Gasteiger partial charge on any atom is 0.179 e. The summed E-state index contributed by atoms with van der Waals surface area (Å²) in [6.45, 7) is 6.84. The smallest absolute Gasteiger partial charge is 0.179 e. The van der Waals surface area contributed by atoms with Crippen LogP contribution in [0.4, 0.5) is 0 Å². The second-order valence-electron chi connectivity index (χ2n) is 6.52. The van der Waals surface area contributed by atoms with Gasteiger partial charge in [0.25, 0.3) is 0 Å².